The van der Waals surface area contributed by atoms with Gasteiger partial charge in [0.05, 0.1) is 25.4 Å². The largest absolute Gasteiger partial charge is 0.435 e. The molecule has 0 aliphatic carbocycles. The molecule has 1 aromatic heterocycles. The molecule has 0 radical (unpaired) electrons. The highest BCUT2D eigenvalue weighted by Gasteiger charge is 2.42. The first-order chi connectivity index (χ1) is 11.4. The Labute approximate surface area is 143 Å². The molecule has 1 aromatic rings. The van der Waals surface area contributed by atoms with Gasteiger partial charge in [0.15, 0.2) is 10.7 Å². The Hall–Kier alpha value is -1.21. The molecule has 8 nitrogen and oxygen atoms in total. The van der Waals surface area contributed by atoms with Crippen LogP contribution in [0.2, 0.25) is 0 Å². The van der Waals surface area contributed by atoms with Crippen molar-refractivity contribution in [2.45, 2.75) is 29.7 Å². The minimum atomic E-state index is -4.75. The van der Waals surface area contributed by atoms with Crippen molar-refractivity contribution in [1.82, 2.24) is 19.4 Å². The lowest BCUT2D eigenvalue weighted by molar-refractivity contribution is -0.141. The van der Waals surface area contributed by atoms with Gasteiger partial charge in [-0.3, -0.25) is 9.58 Å². The number of halogens is 3. The number of ether oxygens (including phenoxy) is 1. The lowest BCUT2D eigenvalue weighted by Crippen LogP contribution is -2.65. The molecule has 0 unspecified atom stereocenters. The number of hydrogen-bond donors (Lipinski definition) is 2. The molecule has 0 spiro atoms. The third-order valence-corrected chi connectivity index (χ3v) is 5.88. The maximum atomic E-state index is 12.7. The lowest BCUT2D eigenvalue weighted by atomic mass is 9.96. The molecule has 2 heterocycles. The molecule has 1 saturated heterocycles. The molecule has 0 saturated carbocycles. The van der Waals surface area contributed by atoms with Crippen LogP contribution >= 0.6 is 0 Å². The quantitative estimate of drug-likeness (QED) is 0.728. The first-order valence-corrected chi connectivity index (χ1v) is 8.94. The van der Waals surface area contributed by atoms with Crippen LogP contribution < -0.4 is 4.72 Å². The van der Waals surface area contributed by atoms with Gasteiger partial charge in [-0.05, 0) is 14.0 Å². The van der Waals surface area contributed by atoms with E-state index < -0.39 is 32.5 Å². The van der Waals surface area contributed by atoms with Crippen LogP contribution in [0, 0.1) is 0 Å². The van der Waals surface area contributed by atoms with Crippen LogP contribution in [-0.2, 0) is 28.0 Å². The van der Waals surface area contributed by atoms with Gasteiger partial charge in [-0.2, -0.15) is 18.3 Å². The second-order valence-electron chi connectivity index (χ2n) is 6.17. The van der Waals surface area contributed by atoms with Gasteiger partial charge in [-0.15, -0.1) is 0 Å². The summed E-state index contributed by atoms with van der Waals surface area (Å²) in [4.78, 5) is 1.80. The number of aromatic nitrogens is 2. The van der Waals surface area contributed by atoms with E-state index in [1.54, 1.807) is 11.9 Å². The van der Waals surface area contributed by atoms with Gasteiger partial charge in [-0.25, -0.2) is 13.1 Å². The number of rotatable bonds is 5. The molecular weight excluding hydrogens is 365 g/mol. The van der Waals surface area contributed by atoms with Crippen molar-refractivity contribution in [2.24, 2.45) is 7.05 Å². The molecule has 0 amide bonds. The van der Waals surface area contributed by atoms with E-state index in [-0.39, 0.29) is 25.8 Å². The Morgan fingerprint density at radius 1 is 1.48 bits per heavy atom. The minimum absolute atomic E-state index is 0.0565. The zero-order chi connectivity index (χ0) is 19.0. The Morgan fingerprint density at radius 3 is 2.64 bits per heavy atom. The Bertz CT molecular complexity index is 721. The van der Waals surface area contributed by atoms with E-state index in [1.165, 1.54) is 0 Å². The van der Waals surface area contributed by atoms with E-state index >= 15 is 0 Å². The predicted molar refractivity (Wildman–Crippen MR) is 81.3 cm³/mol. The molecule has 1 aliphatic heterocycles. The standard InChI is InChI=1S/C13H21F3N4O4S/c1-9-5-24-8-12(7-21,19(9)2)6-17-25(22,23)11-4-10(13(14,15)16)18-20(11)3/h4,9,17,21H,5-8H2,1-3H3/t9-,12+/m1/s1. The number of likely N-dealkylation sites (N-methyl/N-ethyl adjacent to an activating group) is 1. The summed E-state index contributed by atoms with van der Waals surface area (Å²) in [5, 5.41) is 12.3. The van der Waals surface area contributed by atoms with Crippen LogP contribution in [0.15, 0.2) is 11.1 Å². The topological polar surface area (TPSA) is 96.7 Å². The SMILES string of the molecule is C[C@@H]1COC[C@@](CO)(CNS(=O)(=O)c2cc(C(F)(F)F)nn2C)N1C. The van der Waals surface area contributed by atoms with Crippen LogP contribution in [-0.4, -0.2) is 73.2 Å². The zero-order valence-electron chi connectivity index (χ0n) is 14.0. The molecule has 2 atom stereocenters. The molecule has 144 valence electrons. The van der Waals surface area contributed by atoms with Crippen molar-refractivity contribution in [3.63, 3.8) is 0 Å². The van der Waals surface area contributed by atoms with E-state index in [4.69, 9.17) is 4.74 Å². The summed E-state index contributed by atoms with van der Waals surface area (Å²) in [6.07, 6.45) is -4.75. The fraction of sp³-hybridized carbons (Fsp3) is 0.769. The van der Waals surface area contributed by atoms with Gasteiger partial charge in [0, 0.05) is 25.7 Å². The van der Waals surface area contributed by atoms with Gasteiger partial charge in [0.1, 0.15) is 0 Å². The lowest BCUT2D eigenvalue weighted by Gasteiger charge is -2.47. The molecule has 12 heteroatoms. The fourth-order valence-corrected chi connectivity index (χ4v) is 3.89. The number of nitrogens with zero attached hydrogens (tertiary/aromatic N) is 3. The molecular formula is C13H21F3N4O4S. The van der Waals surface area contributed by atoms with Gasteiger partial charge in [-0.1, -0.05) is 0 Å². The van der Waals surface area contributed by atoms with Crippen LogP contribution in [0.1, 0.15) is 12.6 Å². The van der Waals surface area contributed by atoms with E-state index in [2.05, 4.69) is 9.82 Å². The first-order valence-electron chi connectivity index (χ1n) is 7.45. The van der Waals surface area contributed by atoms with Crippen molar-refractivity contribution in [1.29, 1.82) is 0 Å². The van der Waals surface area contributed by atoms with Crippen molar-refractivity contribution in [2.75, 3.05) is 33.4 Å². The van der Waals surface area contributed by atoms with Crippen molar-refractivity contribution >= 4 is 10.0 Å². The van der Waals surface area contributed by atoms with E-state index in [0.29, 0.717) is 17.4 Å². The Balaban J connectivity index is 2.23. The average molecular weight is 386 g/mol. The fourth-order valence-electron chi connectivity index (χ4n) is 2.63. The van der Waals surface area contributed by atoms with Crippen molar-refractivity contribution < 1.29 is 31.4 Å². The number of alkyl halides is 3. The molecule has 2 rings (SSSR count). The number of sulfonamides is 1. The Kier molecular flexibility index (Phi) is 5.50. The summed E-state index contributed by atoms with van der Waals surface area (Å²) < 4.78 is 71.2. The first kappa shape index (κ1) is 20.1. The normalized spacial score (nSPS) is 26.1. The number of morpholine rings is 1. The maximum Gasteiger partial charge on any atom is 0.435 e. The smallest absolute Gasteiger partial charge is 0.394 e. The van der Waals surface area contributed by atoms with Crippen LogP contribution in [0.3, 0.4) is 0 Å². The van der Waals surface area contributed by atoms with Crippen LogP contribution in [0.4, 0.5) is 13.2 Å². The third-order valence-electron chi connectivity index (χ3n) is 4.43. The summed E-state index contributed by atoms with van der Waals surface area (Å²) in [5.41, 5.74) is -2.30. The molecule has 1 fully saturated rings. The van der Waals surface area contributed by atoms with Gasteiger partial charge < -0.3 is 9.84 Å². The number of aliphatic hydroxyl groups excluding tert-OH is 1. The third kappa shape index (κ3) is 3.97. The highest BCUT2D eigenvalue weighted by atomic mass is 32.2. The van der Waals surface area contributed by atoms with Gasteiger partial charge in [0.25, 0.3) is 10.0 Å². The number of nitrogens with one attached hydrogen (secondary N) is 1. The summed E-state index contributed by atoms with van der Waals surface area (Å²) in [5.74, 6) is 0. The molecule has 25 heavy (non-hydrogen) atoms. The van der Waals surface area contributed by atoms with Crippen LogP contribution in [0.25, 0.3) is 0 Å². The molecule has 0 aromatic carbocycles. The minimum Gasteiger partial charge on any atom is -0.394 e. The molecule has 2 N–H and O–H groups in total. The number of aryl methyl sites for hydroxylation is 1. The highest BCUT2D eigenvalue weighted by molar-refractivity contribution is 7.89. The van der Waals surface area contributed by atoms with Crippen molar-refractivity contribution in [3.05, 3.63) is 11.8 Å². The zero-order valence-corrected chi connectivity index (χ0v) is 14.9. The van der Waals surface area contributed by atoms with E-state index in [1.807, 2.05) is 6.92 Å². The van der Waals surface area contributed by atoms with Crippen molar-refractivity contribution in [3.8, 4) is 0 Å². The maximum absolute atomic E-state index is 12.7. The Morgan fingerprint density at radius 2 is 2.12 bits per heavy atom. The summed E-state index contributed by atoms with van der Waals surface area (Å²) in [6, 6.07) is 0.413. The number of hydrogen-bond acceptors (Lipinski definition) is 6. The summed E-state index contributed by atoms with van der Waals surface area (Å²) in [6.45, 7) is 1.78. The van der Waals surface area contributed by atoms with E-state index in [9.17, 15) is 26.7 Å². The number of aliphatic hydroxyl groups is 1. The monoisotopic (exact) mass is 386 g/mol. The van der Waals surface area contributed by atoms with E-state index in [0.717, 1.165) is 7.05 Å². The van der Waals surface area contributed by atoms with Gasteiger partial charge in [0.2, 0.25) is 0 Å². The van der Waals surface area contributed by atoms with Crippen LogP contribution in [0.5, 0.6) is 0 Å². The second kappa shape index (κ2) is 6.83. The van der Waals surface area contributed by atoms with Gasteiger partial charge >= 0.3 is 6.18 Å². The summed E-state index contributed by atoms with van der Waals surface area (Å²) in [7, 11) is -1.42. The summed E-state index contributed by atoms with van der Waals surface area (Å²) >= 11 is 0. The average Bonchev–Trinajstić information content (AvgIpc) is 2.92. The second-order valence-corrected chi connectivity index (χ2v) is 7.89. The molecule has 0 bridgehead atoms. The predicted octanol–water partition coefficient (Wildman–Crippen LogP) is -0.201. The highest BCUT2D eigenvalue weighted by Crippen LogP contribution is 2.29. The molecule has 1 aliphatic rings.